The fourth-order valence-corrected chi connectivity index (χ4v) is 5.34. The molecule has 3 aliphatic rings. The summed E-state index contributed by atoms with van der Waals surface area (Å²) in [4.78, 5) is 26.3. The second-order valence-electron chi connectivity index (χ2n) is 10.3. The van der Waals surface area contributed by atoms with Crippen molar-refractivity contribution in [3.05, 3.63) is 29.3 Å². The van der Waals surface area contributed by atoms with E-state index in [4.69, 9.17) is 9.47 Å². The number of methoxy groups -OCH3 is 1. The highest BCUT2D eigenvalue weighted by Gasteiger charge is 2.53. The normalized spacial score (nSPS) is 27.7. The predicted octanol–water partition coefficient (Wildman–Crippen LogP) is 4.04. The zero-order valence-electron chi connectivity index (χ0n) is 18.1. The Morgan fingerprint density at radius 2 is 1.90 bits per heavy atom. The molecule has 1 spiro atoms. The summed E-state index contributed by atoms with van der Waals surface area (Å²) in [6, 6.07) is 6.62. The molecular weight excluding hydrogens is 366 g/mol. The predicted molar refractivity (Wildman–Crippen MR) is 111 cm³/mol. The van der Waals surface area contributed by atoms with Gasteiger partial charge in [0.1, 0.15) is 5.75 Å². The third kappa shape index (κ3) is 3.88. The molecule has 2 saturated heterocycles. The van der Waals surface area contributed by atoms with Gasteiger partial charge in [-0.1, -0.05) is 32.9 Å². The standard InChI is InChI=1S/C24H33NO4/c1-23(2,3)19-6-5-17(11-20(19)28-4)16-7-9-25(10-8-16)22(27)18-12-24(13-18)14-21(26)29-15-24/h5-6,11,16,18H,7-10,12-15H2,1-4H3. The Kier molecular flexibility index (Phi) is 5.12. The number of carbonyl (C=O) groups excluding carboxylic acids is 2. The molecule has 1 aliphatic carbocycles. The van der Waals surface area contributed by atoms with Crippen LogP contribution in [0.15, 0.2) is 18.2 Å². The molecule has 3 fully saturated rings. The minimum absolute atomic E-state index is 0.0406. The zero-order valence-corrected chi connectivity index (χ0v) is 18.1. The number of piperidine rings is 1. The Balaban J connectivity index is 1.34. The van der Waals surface area contributed by atoms with E-state index < -0.39 is 0 Å². The van der Waals surface area contributed by atoms with Crippen molar-refractivity contribution < 1.29 is 19.1 Å². The first kappa shape index (κ1) is 20.2. The summed E-state index contributed by atoms with van der Waals surface area (Å²) in [6.45, 7) is 8.73. The molecule has 1 saturated carbocycles. The third-order valence-corrected chi connectivity index (χ3v) is 7.08. The molecular formula is C24H33NO4. The number of rotatable bonds is 3. The number of carbonyl (C=O) groups is 2. The van der Waals surface area contributed by atoms with Crippen LogP contribution in [0.1, 0.15) is 69.9 Å². The number of likely N-dealkylation sites (tertiary alicyclic amines) is 1. The van der Waals surface area contributed by atoms with Gasteiger partial charge in [0, 0.05) is 24.4 Å². The van der Waals surface area contributed by atoms with E-state index >= 15 is 0 Å². The van der Waals surface area contributed by atoms with Crippen molar-refractivity contribution in [2.24, 2.45) is 11.3 Å². The first-order valence-electron chi connectivity index (χ1n) is 10.8. The second kappa shape index (κ2) is 7.33. The van der Waals surface area contributed by atoms with Gasteiger partial charge in [-0.3, -0.25) is 9.59 Å². The van der Waals surface area contributed by atoms with Gasteiger partial charge in [0.05, 0.1) is 20.1 Å². The summed E-state index contributed by atoms with van der Waals surface area (Å²) < 4.78 is 10.8. The lowest BCUT2D eigenvalue weighted by atomic mass is 9.61. The van der Waals surface area contributed by atoms with Crippen LogP contribution in [0.25, 0.3) is 0 Å². The van der Waals surface area contributed by atoms with Crippen molar-refractivity contribution in [2.45, 2.75) is 64.2 Å². The van der Waals surface area contributed by atoms with Crippen LogP contribution < -0.4 is 4.74 Å². The van der Waals surface area contributed by atoms with E-state index in [-0.39, 0.29) is 28.6 Å². The first-order valence-corrected chi connectivity index (χ1v) is 10.8. The minimum Gasteiger partial charge on any atom is -0.496 e. The summed E-state index contributed by atoms with van der Waals surface area (Å²) in [7, 11) is 1.74. The largest absolute Gasteiger partial charge is 0.496 e. The summed E-state index contributed by atoms with van der Waals surface area (Å²) in [5.74, 6) is 1.67. The molecule has 158 valence electrons. The van der Waals surface area contributed by atoms with Crippen molar-refractivity contribution in [3.8, 4) is 5.75 Å². The average Bonchev–Trinajstić information content (AvgIpc) is 3.07. The van der Waals surface area contributed by atoms with Crippen LogP contribution in [-0.4, -0.2) is 43.6 Å². The Bertz CT molecular complexity index is 796. The van der Waals surface area contributed by atoms with Crippen LogP contribution in [0.5, 0.6) is 5.75 Å². The highest BCUT2D eigenvalue weighted by Crippen LogP contribution is 2.52. The Morgan fingerprint density at radius 1 is 1.21 bits per heavy atom. The Hall–Kier alpha value is -2.04. The van der Waals surface area contributed by atoms with Crippen molar-refractivity contribution in [2.75, 3.05) is 26.8 Å². The van der Waals surface area contributed by atoms with Crippen LogP contribution in [0.2, 0.25) is 0 Å². The van der Waals surface area contributed by atoms with Gasteiger partial charge in [-0.15, -0.1) is 0 Å². The monoisotopic (exact) mass is 399 g/mol. The number of amides is 1. The van der Waals surface area contributed by atoms with E-state index in [9.17, 15) is 9.59 Å². The lowest BCUT2D eigenvalue weighted by molar-refractivity contribution is -0.144. The Morgan fingerprint density at radius 3 is 2.45 bits per heavy atom. The highest BCUT2D eigenvalue weighted by molar-refractivity contribution is 5.81. The summed E-state index contributed by atoms with van der Waals surface area (Å²) >= 11 is 0. The van der Waals surface area contributed by atoms with Crippen LogP contribution in [0.3, 0.4) is 0 Å². The molecule has 0 unspecified atom stereocenters. The second-order valence-corrected chi connectivity index (χ2v) is 10.3. The number of esters is 1. The quantitative estimate of drug-likeness (QED) is 0.720. The molecule has 4 rings (SSSR count). The highest BCUT2D eigenvalue weighted by atomic mass is 16.5. The first-order chi connectivity index (χ1) is 13.7. The number of cyclic esters (lactones) is 1. The van der Waals surface area contributed by atoms with Gasteiger partial charge in [-0.05, 0) is 54.2 Å². The van der Waals surface area contributed by atoms with Gasteiger partial charge < -0.3 is 14.4 Å². The maximum atomic E-state index is 12.9. The van der Waals surface area contributed by atoms with Crippen molar-refractivity contribution >= 4 is 11.9 Å². The molecule has 2 heterocycles. The molecule has 1 aromatic rings. The average molecular weight is 400 g/mol. The third-order valence-electron chi connectivity index (χ3n) is 7.08. The molecule has 0 N–H and O–H groups in total. The van der Waals surface area contributed by atoms with Crippen molar-refractivity contribution in [1.82, 2.24) is 4.90 Å². The smallest absolute Gasteiger partial charge is 0.306 e. The molecule has 0 radical (unpaired) electrons. The number of hydrogen-bond acceptors (Lipinski definition) is 4. The maximum Gasteiger partial charge on any atom is 0.306 e. The van der Waals surface area contributed by atoms with Gasteiger partial charge in [-0.25, -0.2) is 0 Å². The summed E-state index contributed by atoms with van der Waals surface area (Å²) in [6.07, 6.45) is 4.09. The van der Waals surface area contributed by atoms with Gasteiger partial charge in [0.2, 0.25) is 5.91 Å². The minimum atomic E-state index is -0.107. The topological polar surface area (TPSA) is 55.8 Å². The van der Waals surface area contributed by atoms with Crippen LogP contribution in [0.4, 0.5) is 0 Å². The van der Waals surface area contributed by atoms with E-state index in [1.807, 2.05) is 4.90 Å². The molecule has 5 heteroatoms. The van der Waals surface area contributed by atoms with Crippen molar-refractivity contribution in [1.29, 1.82) is 0 Å². The van der Waals surface area contributed by atoms with Crippen LogP contribution in [-0.2, 0) is 19.7 Å². The van der Waals surface area contributed by atoms with Crippen LogP contribution >= 0.6 is 0 Å². The maximum absolute atomic E-state index is 12.9. The van der Waals surface area contributed by atoms with E-state index in [1.165, 1.54) is 11.1 Å². The van der Waals surface area contributed by atoms with E-state index in [1.54, 1.807) is 7.11 Å². The number of ether oxygens (including phenoxy) is 2. The Labute approximate surface area is 173 Å². The van der Waals surface area contributed by atoms with E-state index in [2.05, 4.69) is 39.0 Å². The van der Waals surface area contributed by atoms with Gasteiger partial charge >= 0.3 is 5.97 Å². The van der Waals surface area contributed by atoms with E-state index in [0.29, 0.717) is 18.9 Å². The molecule has 0 atom stereocenters. The molecule has 0 aromatic heterocycles. The van der Waals surface area contributed by atoms with Crippen LogP contribution in [0, 0.1) is 11.3 Å². The number of hydrogen-bond donors (Lipinski definition) is 0. The molecule has 2 aliphatic heterocycles. The lowest BCUT2D eigenvalue weighted by Crippen LogP contribution is -2.49. The fourth-order valence-electron chi connectivity index (χ4n) is 5.34. The zero-order chi connectivity index (χ0) is 20.8. The molecule has 5 nitrogen and oxygen atoms in total. The number of nitrogens with zero attached hydrogens (tertiary/aromatic N) is 1. The lowest BCUT2D eigenvalue weighted by Gasteiger charge is -2.45. The molecule has 1 aromatic carbocycles. The van der Waals surface area contributed by atoms with Gasteiger partial charge in [0.25, 0.3) is 0 Å². The van der Waals surface area contributed by atoms with Gasteiger partial charge in [0.15, 0.2) is 0 Å². The van der Waals surface area contributed by atoms with Gasteiger partial charge in [-0.2, -0.15) is 0 Å². The van der Waals surface area contributed by atoms with Crippen molar-refractivity contribution in [3.63, 3.8) is 0 Å². The molecule has 1 amide bonds. The van der Waals surface area contributed by atoms with E-state index in [0.717, 1.165) is 44.5 Å². The SMILES string of the molecule is COc1cc(C2CCN(C(=O)C3CC4(COC(=O)C4)C3)CC2)ccc1C(C)(C)C. The summed E-state index contributed by atoms with van der Waals surface area (Å²) in [5, 5.41) is 0. The molecule has 0 bridgehead atoms. The number of benzene rings is 1. The summed E-state index contributed by atoms with van der Waals surface area (Å²) in [5.41, 5.74) is 2.55. The molecule has 29 heavy (non-hydrogen) atoms. The fraction of sp³-hybridized carbons (Fsp3) is 0.667.